The summed E-state index contributed by atoms with van der Waals surface area (Å²) in [5, 5.41) is 0. The lowest BCUT2D eigenvalue weighted by atomic mass is 10.3. The fraction of sp³-hybridized carbons (Fsp3) is 0.125. The molecule has 12 heavy (non-hydrogen) atoms. The van der Waals surface area contributed by atoms with Crippen molar-refractivity contribution in [3.05, 3.63) is 33.8 Å². The monoisotopic (exact) mass is 229 g/mol. The van der Waals surface area contributed by atoms with Gasteiger partial charge in [0, 0.05) is 4.47 Å². The molecule has 1 aromatic carbocycles. The van der Waals surface area contributed by atoms with Crippen molar-refractivity contribution in [3.8, 4) is 5.75 Å². The summed E-state index contributed by atoms with van der Waals surface area (Å²) in [7, 11) is 1.36. The quantitative estimate of drug-likeness (QED) is 0.675. The second kappa shape index (κ2) is 3.55. The highest BCUT2D eigenvalue weighted by Crippen LogP contribution is 2.31. The Labute approximate surface area is 77.9 Å². The predicted octanol–water partition coefficient (Wildman–Crippen LogP) is 3.15. The lowest BCUT2D eigenvalue weighted by Gasteiger charge is -2.02. The van der Waals surface area contributed by atoms with Crippen molar-refractivity contribution in [2.75, 3.05) is 7.11 Å². The Morgan fingerprint density at radius 3 is 2.75 bits per heavy atom. The highest BCUT2D eigenvalue weighted by atomic mass is 79.9. The lowest BCUT2D eigenvalue weighted by Crippen LogP contribution is -1.87. The third-order valence-corrected chi connectivity index (χ3v) is 1.98. The van der Waals surface area contributed by atoms with Crippen LogP contribution in [0.25, 0.3) is 4.85 Å². The van der Waals surface area contributed by atoms with Crippen LogP contribution in [0.1, 0.15) is 0 Å². The number of ether oxygens (including phenoxy) is 1. The van der Waals surface area contributed by atoms with Gasteiger partial charge >= 0.3 is 0 Å². The van der Waals surface area contributed by atoms with Crippen LogP contribution in [0.3, 0.4) is 0 Å². The molecule has 0 saturated carbocycles. The lowest BCUT2D eigenvalue weighted by molar-refractivity contribution is 0.386. The molecule has 62 valence electrons. The van der Waals surface area contributed by atoms with Gasteiger partial charge in [-0.15, -0.1) is 0 Å². The number of rotatable bonds is 1. The van der Waals surface area contributed by atoms with Crippen LogP contribution in [-0.2, 0) is 0 Å². The van der Waals surface area contributed by atoms with E-state index >= 15 is 0 Å². The first-order valence-electron chi connectivity index (χ1n) is 3.09. The molecule has 0 unspecified atom stereocenters. The first-order chi connectivity index (χ1) is 5.69. The van der Waals surface area contributed by atoms with Crippen molar-refractivity contribution in [2.24, 2.45) is 0 Å². The van der Waals surface area contributed by atoms with Crippen LogP contribution < -0.4 is 4.74 Å². The Bertz CT molecular complexity index is 346. The van der Waals surface area contributed by atoms with Crippen molar-refractivity contribution in [3.63, 3.8) is 0 Å². The van der Waals surface area contributed by atoms with E-state index in [4.69, 9.17) is 11.3 Å². The molecule has 2 nitrogen and oxygen atoms in total. The summed E-state index contributed by atoms with van der Waals surface area (Å²) in [5.74, 6) is -0.388. The molecule has 0 aliphatic heterocycles. The van der Waals surface area contributed by atoms with Crippen LogP contribution in [0.5, 0.6) is 5.75 Å². The largest absolute Gasteiger partial charge is 0.495 e. The van der Waals surface area contributed by atoms with Gasteiger partial charge in [0.1, 0.15) is 5.75 Å². The van der Waals surface area contributed by atoms with Gasteiger partial charge in [-0.05, 0) is 12.1 Å². The van der Waals surface area contributed by atoms with Crippen LogP contribution >= 0.6 is 15.9 Å². The van der Waals surface area contributed by atoms with E-state index in [-0.39, 0.29) is 5.75 Å². The maximum Gasteiger partial charge on any atom is 0.204 e. The third kappa shape index (κ3) is 1.56. The maximum absolute atomic E-state index is 12.9. The molecule has 1 aromatic rings. The molecule has 0 bridgehead atoms. The van der Waals surface area contributed by atoms with E-state index in [2.05, 4.69) is 20.8 Å². The molecule has 0 aromatic heterocycles. The summed E-state index contributed by atoms with van der Waals surface area (Å²) in [6.07, 6.45) is 0. The van der Waals surface area contributed by atoms with Gasteiger partial charge in [0.15, 0.2) is 5.82 Å². The van der Waals surface area contributed by atoms with E-state index in [9.17, 15) is 4.39 Å². The number of halogens is 2. The van der Waals surface area contributed by atoms with Crippen LogP contribution in [0.2, 0.25) is 0 Å². The molecular formula is C8H5BrFNO. The Morgan fingerprint density at radius 1 is 1.58 bits per heavy atom. The van der Waals surface area contributed by atoms with Crippen molar-refractivity contribution < 1.29 is 9.13 Å². The number of hydrogen-bond donors (Lipinski definition) is 0. The average molecular weight is 230 g/mol. The van der Waals surface area contributed by atoms with Crippen molar-refractivity contribution in [1.29, 1.82) is 0 Å². The van der Waals surface area contributed by atoms with Gasteiger partial charge < -0.3 is 4.74 Å². The Hall–Kier alpha value is -1.08. The van der Waals surface area contributed by atoms with E-state index in [1.165, 1.54) is 19.2 Å². The zero-order valence-corrected chi connectivity index (χ0v) is 7.85. The Balaban J connectivity index is 3.30. The molecule has 0 N–H and O–H groups in total. The van der Waals surface area contributed by atoms with Gasteiger partial charge in [0.25, 0.3) is 0 Å². The van der Waals surface area contributed by atoms with E-state index in [1.807, 2.05) is 0 Å². The summed E-state index contributed by atoms with van der Waals surface area (Å²) in [4.78, 5) is 3.18. The number of hydrogen-bond acceptors (Lipinski definition) is 1. The van der Waals surface area contributed by atoms with E-state index < -0.39 is 5.82 Å². The topological polar surface area (TPSA) is 13.6 Å². The minimum Gasteiger partial charge on any atom is -0.495 e. The van der Waals surface area contributed by atoms with Gasteiger partial charge in [-0.3, -0.25) is 0 Å². The molecule has 0 amide bonds. The molecule has 0 saturated heterocycles. The summed E-state index contributed by atoms with van der Waals surface area (Å²) in [6, 6.07) is 2.57. The molecule has 0 radical (unpaired) electrons. The van der Waals surface area contributed by atoms with Crippen LogP contribution in [0, 0.1) is 12.4 Å². The molecule has 0 heterocycles. The normalized spacial score (nSPS) is 9.17. The predicted molar refractivity (Wildman–Crippen MR) is 46.9 cm³/mol. The molecule has 0 fully saturated rings. The van der Waals surface area contributed by atoms with Gasteiger partial charge in [-0.1, -0.05) is 15.9 Å². The molecule has 4 heteroatoms. The highest BCUT2D eigenvalue weighted by molar-refractivity contribution is 9.10. The molecular weight excluding hydrogens is 225 g/mol. The highest BCUT2D eigenvalue weighted by Gasteiger charge is 2.07. The van der Waals surface area contributed by atoms with E-state index in [0.29, 0.717) is 10.2 Å². The zero-order chi connectivity index (χ0) is 9.14. The first-order valence-corrected chi connectivity index (χ1v) is 3.89. The van der Waals surface area contributed by atoms with Gasteiger partial charge in [0.2, 0.25) is 5.69 Å². The van der Waals surface area contributed by atoms with Crippen LogP contribution in [0.4, 0.5) is 10.1 Å². The third-order valence-electron chi connectivity index (χ3n) is 1.34. The molecule has 0 aliphatic carbocycles. The number of benzene rings is 1. The fourth-order valence-electron chi connectivity index (χ4n) is 0.760. The van der Waals surface area contributed by atoms with E-state index in [1.54, 1.807) is 0 Å². The molecule has 0 aliphatic rings. The molecule has 0 spiro atoms. The van der Waals surface area contributed by atoms with Crippen molar-refractivity contribution in [2.45, 2.75) is 0 Å². The summed E-state index contributed by atoms with van der Waals surface area (Å²) in [6.45, 7) is 6.74. The van der Waals surface area contributed by atoms with Gasteiger partial charge in [0.05, 0.1) is 13.7 Å². The molecule has 1 rings (SSSR count). The summed E-state index contributed by atoms with van der Waals surface area (Å²) in [5.41, 5.74) is 0.341. The Kier molecular flexibility index (Phi) is 2.66. The first kappa shape index (κ1) is 9.01. The SMILES string of the molecule is [C-]#[N+]c1cc(OC)c(F)cc1Br. The summed E-state index contributed by atoms with van der Waals surface area (Å²) >= 11 is 3.06. The summed E-state index contributed by atoms with van der Waals surface area (Å²) < 4.78 is 18.1. The van der Waals surface area contributed by atoms with Crippen LogP contribution in [0.15, 0.2) is 16.6 Å². The average Bonchev–Trinajstić information content (AvgIpc) is 2.05. The minimum absolute atomic E-state index is 0.0872. The van der Waals surface area contributed by atoms with Crippen molar-refractivity contribution >= 4 is 21.6 Å². The van der Waals surface area contributed by atoms with Crippen molar-refractivity contribution in [1.82, 2.24) is 0 Å². The standard InChI is InChI=1S/C8H5BrFNO/c1-11-7-4-8(12-2)6(10)3-5(7)9/h3-4H,2H3. The van der Waals surface area contributed by atoms with E-state index in [0.717, 1.165) is 0 Å². The van der Waals surface area contributed by atoms with Gasteiger partial charge in [-0.25, -0.2) is 9.24 Å². The maximum atomic E-state index is 12.9. The zero-order valence-electron chi connectivity index (χ0n) is 6.27. The minimum atomic E-state index is -0.475. The molecule has 0 atom stereocenters. The Morgan fingerprint density at radius 2 is 2.25 bits per heavy atom. The fourth-order valence-corrected chi connectivity index (χ4v) is 1.16. The van der Waals surface area contributed by atoms with Crippen LogP contribution in [-0.4, -0.2) is 7.11 Å². The number of methoxy groups -OCH3 is 1. The second-order valence-corrected chi connectivity index (χ2v) is 2.90. The van der Waals surface area contributed by atoms with Gasteiger partial charge in [-0.2, -0.15) is 0 Å². The second-order valence-electron chi connectivity index (χ2n) is 2.05. The smallest absolute Gasteiger partial charge is 0.204 e. The number of nitrogens with zero attached hydrogens (tertiary/aromatic N) is 1.